The Labute approximate surface area is 137 Å². The molecule has 1 aliphatic rings. The molecular weight excluding hydrogens is 312 g/mol. The summed E-state index contributed by atoms with van der Waals surface area (Å²) in [7, 11) is 0. The molecule has 0 spiro atoms. The number of benzene rings is 1. The van der Waals surface area contributed by atoms with Crippen LogP contribution in [0.5, 0.6) is 17.2 Å². The Morgan fingerprint density at radius 2 is 2.04 bits per heavy atom. The summed E-state index contributed by atoms with van der Waals surface area (Å²) in [5.41, 5.74) is 1.49. The van der Waals surface area contributed by atoms with Gasteiger partial charge in [0.05, 0.1) is 16.6 Å². The molecule has 3 aromatic rings. The van der Waals surface area contributed by atoms with E-state index in [2.05, 4.69) is 10.1 Å². The van der Waals surface area contributed by atoms with Crippen molar-refractivity contribution < 1.29 is 23.5 Å². The van der Waals surface area contributed by atoms with E-state index in [1.165, 1.54) is 6.20 Å². The van der Waals surface area contributed by atoms with Gasteiger partial charge < -0.3 is 18.7 Å². The predicted octanol–water partition coefficient (Wildman–Crippen LogP) is 2.78. The summed E-state index contributed by atoms with van der Waals surface area (Å²) < 4.78 is 21.4. The van der Waals surface area contributed by atoms with Gasteiger partial charge in [-0.15, -0.1) is 0 Å². The molecule has 1 aromatic carbocycles. The first kappa shape index (κ1) is 14.5. The van der Waals surface area contributed by atoms with Gasteiger partial charge in [-0.25, -0.2) is 9.78 Å². The van der Waals surface area contributed by atoms with Crippen LogP contribution < -0.4 is 14.2 Å². The lowest BCUT2D eigenvalue weighted by Crippen LogP contribution is -2.15. The van der Waals surface area contributed by atoms with Crippen LogP contribution in [0.1, 0.15) is 23.0 Å². The summed E-state index contributed by atoms with van der Waals surface area (Å²) in [4.78, 5) is 16.5. The van der Waals surface area contributed by atoms with E-state index in [1.54, 1.807) is 24.3 Å². The van der Waals surface area contributed by atoms with Crippen LogP contribution in [-0.2, 0) is 6.42 Å². The van der Waals surface area contributed by atoms with Crippen LogP contribution in [-0.4, -0.2) is 29.3 Å². The summed E-state index contributed by atoms with van der Waals surface area (Å²) in [6.45, 7) is 2.94. The molecule has 1 aliphatic heterocycles. The first-order chi connectivity index (χ1) is 11.7. The van der Waals surface area contributed by atoms with Crippen LogP contribution in [0.2, 0.25) is 0 Å². The highest BCUT2D eigenvalue weighted by Gasteiger charge is 2.17. The van der Waals surface area contributed by atoms with Gasteiger partial charge in [-0.2, -0.15) is 0 Å². The van der Waals surface area contributed by atoms with Gasteiger partial charge in [0.1, 0.15) is 19.0 Å². The molecule has 24 heavy (non-hydrogen) atoms. The first-order valence-corrected chi connectivity index (χ1v) is 7.60. The minimum atomic E-state index is -0.510. The van der Waals surface area contributed by atoms with E-state index in [4.69, 9.17) is 18.7 Å². The summed E-state index contributed by atoms with van der Waals surface area (Å²) in [5, 5.41) is 4.64. The van der Waals surface area contributed by atoms with Crippen molar-refractivity contribution >= 4 is 17.1 Å². The quantitative estimate of drug-likeness (QED) is 0.540. The van der Waals surface area contributed by atoms with Gasteiger partial charge in [0.2, 0.25) is 0 Å². The van der Waals surface area contributed by atoms with E-state index in [9.17, 15) is 4.79 Å². The van der Waals surface area contributed by atoms with E-state index in [0.717, 1.165) is 5.69 Å². The number of rotatable bonds is 3. The van der Waals surface area contributed by atoms with Gasteiger partial charge in [0, 0.05) is 12.3 Å². The number of ether oxygens (including phenoxy) is 3. The predicted molar refractivity (Wildman–Crippen MR) is 83.6 cm³/mol. The van der Waals surface area contributed by atoms with Crippen molar-refractivity contribution in [3.8, 4) is 17.2 Å². The van der Waals surface area contributed by atoms with E-state index >= 15 is 0 Å². The normalized spacial score (nSPS) is 13.0. The fourth-order valence-corrected chi connectivity index (χ4v) is 2.50. The van der Waals surface area contributed by atoms with Crippen LogP contribution in [0.15, 0.2) is 35.0 Å². The van der Waals surface area contributed by atoms with Crippen molar-refractivity contribution in [2.24, 2.45) is 0 Å². The number of fused-ring (bicyclic) bond motifs is 2. The second-order valence-corrected chi connectivity index (χ2v) is 5.25. The van der Waals surface area contributed by atoms with Gasteiger partial charge >= 0.3 is 5.97 Å². The Morgan fingerprint density at radius 3 is 2.88 bits per heavy atom. The van der Waals surface area contributed by atoms with Crippen LogP contribution in [0, 0.1) is 0 Å². The standard InChI is InChI=1S/C17H14N2O5/c1-2-13-12-7-10(9-18-16(12)24-19-13)17(20)23-11-3-4-14-15(8-11)22-6-5-21-14/h3-4,7-9H,2,5-6H2,1H3. The second-order valence-electron chi connectivity index (χ2n) is 5.25. The maximum absolute atomic E-state index is 12.4. The number of carbonyl (C=O) groups excluding carboxylic acids is 1. The average Bonchev–Trinajstić information content (AvgIpc) is 3.04. The molecule has 2 aromatic heterocycles. The Morgan fingerprint density at radius 1 is 1.21 bits per heavy atom. The molecular formula is C17H14N2O5. The molecule has 3 heterocycles. The number of nitrogens with zero attached hydrogens (tertiary/aromatic N) is 2. The first-order valence-electron chi connectivity index (χ1n) is 7.60. The maximum atomic E-state index is 12.4. The molecule has 0 N–H and O–H groups in total. The zero-order valence-electron chi connectivity index (χ0n) is 12.9. The Bertz CT molecular complexity index is 918. The van der Waals surface area contributed by atoms with Crippen molar-refractivity contribution in [3.63, 3.8) is 0 Å². The number of hydrogen-bond acceptors (Lipinski definition) is 7. The largest absolute Gasteiger partial charge is 0.486 e. The zero-order valence-corrected chi connectivity index (χ0v) is 12.9. The van der Waals surface area contributed by atoms with Gasteiger partial charge in [0.25, 0.3) is 5.71 Å². The fourth-order valence-electron chi connectivity index (χ4n) is 2.50. The van der Waals surface area contributed by atoms with Crippen LogP contribution >= 0.6 is 0 Å². The third-order valence-corrected chi connectivity index (χ3v) is 3.70. The average molecular weight is 326 g/mol. The Kier molecular flexibility index (Phi) is 3.53. The number of aromatic nitrogens is 2. The van der Waals surface area contributed by atoms with Crippen molar-refractivity contribution in [3.05, 3.63) is 41.7 Å². The number of pyridine rings is 1. The van der Waals surface area contributed by atoms with Gasteiger partial charge in [-0.1, -0.05) is 12.1 Å². The molecule has 0 amide bonds. The van der Waals surface area contributed by atoms with Crippen molar-refractivity contribution in [2.45, 2.75) is 13.3 Å². The molecule has 7 nitrogen and oxygen atoms in total. The zero-order chi connectivity index (χ0) is 16.5. The highest BCUT2D eigenvalue weighted by molar-refractivity contribution is 5.94. The number of esters is 1. The lowest BCUT2D eigenvalue weighted by atomic mass is 10.2. The molecule has 0 bridgehead atoms. The molecule has 0 saturated heterocycles. The molecule has 0 atom stereocenters. The van der Waals surface area contributed by atoms with Crippen LogP contribution in [0.3, 0.4) is 0 Å². The van der Waals surface area contributed by atoms with Crippen LogP contribution in [0.25, 0.3) is 11.1 Å². The van der Waals surface area contributed by atoms with E-state index in [0.29, 0.717) is 53.5 Å². The highest BCUT2D eigenvalue weighted by atomic mass is 16.6. The minimum absolute atomic E-state index is 0.329. The van der Waals surface area contributed by atoms with Gasteiger partial charge in [-0.05, 0) is 24.6 Å². The number of aryl methyl sites for hydroxylation is 1. The molecule has 0 fully saturated rings. The Balaban J connectivity index is 1.59. The maximum Gasteiger partial charge on any atom is 0.345 e. The molecule has 0 saturated carbocycles. The van der Waals surface area contributed by atoms with E-state index in [1.807, 2.05) is 6.92 Å². The molecule has 7 heteroatoms. The lowest BCUT2D eigenvalue weighted by Gasteiger charge is -2.18. The molecule has 4 rings (SSSR count). The minimum Gasteiger partial charge on any atom is -0.486 e. The fraction of sp³-hybridized carbons (Fsp3) is 0.235. The molecule has 122 valence electrons. The van der Waals surface area contributed by atoms with Crippen LogP contribution in [0.4, 0.5) is 0 Å². The summed E-state index contributed by atoms with van der Waals surface area (Å²) in [6, 6.07) is 6.69. The SMILES string of the molecule is CCc1noc2ncc(C(=O)Oc3ccc4c(c3)OCCO4)cc12. The topological polar surface area (TPSA) is 83.7 Å². The van der Waals surface area contributed by atoms with Crippen molar-refractivity contribution in [1.82, 2.24) is 10.1 Å². The van der Waals surface area contributed by atoms with Gasteiger partial charge in [-0.3, -0.25) is 0 Å². The summed E-state index contributed by atoms with van der Waals surface area (Å²) in [5.74, 6) is 1.07. The van der Waals surface area contributed by atoms with Crippen molar-refractivity contribution in [1.29, 1.82) is 0 Å². The molecule has 0 aliphatic carbocycles. The smallest absolute Gasteiger partial charge is 0.345 e. The third kappa shape index (κ3) is 2.54. The highest BCUT2D eigenvalue weighted by Crippen LogP contribution is 2.33. The number of carbonyl (C=O) groups is 1. The van der Waals surface area contributed by atoms with E-state index in [-0.39, 0.29) is 0 Å². The number of hydrogen-bond donors (Lipinski definition) is 0. The monoisotopic (exact) mass is 326 g/mol. The molecule has 0 unspecified atom stereocenters. The summed E-state index contributed by atoms with van der Waals surface area (Å²) >= 11 is 0. The lowest BCUT2D eigenvalue weighted by molar-refractivity contribution is 0.0733. The summed E-state index contributed by atoms with van der Waals surface area (Å²) in [6.07, 6.45) is 2.10. The second kappa shape index (κ2) is 5.84. The third-order valence-electron chi connectivity index (χ3n) is 3.70. The van der Waals surface area contributed by atoms with Gasteiger partial charge in [0.15, 0.2) is 11.5 Å². The van der Waals surface area contributed by atoms with E-state index < -0.39 is 5.97 Å². The molecule has 0 radical (unpaired) electrons. The Hall–Kier alpha value is -3.09. The van der Waals surface area contributed by atoms with Crippen molar-refractivity contribution in [2.75, 3.05) is 13.2 Å².